The van der Waals surface area contributed by atoms with Crippen LogP contribution in [0.1, 0.15) is 44.4 Å². The Labute approximate surface area is 108 Å². The van der Waals surface area contributed by atoms with E-state index in [9.17, 15) is 4.39 Å². The van der Waals surface area contributed by atoms with Crippen molar-refractivity contribution in [1.29, 1.82) is 0 Å². The molecule has 0 fully saturated rings. The van der Waals surface area contributed by atoms with E-state index in [-0.39, 0.29) is 17.1 Å². The normalized spacial score (nSPS) is 16.5. The Hall–Kier alpha value is -0.540. The van der Waals surface area contributed by atoms with Gasteiger partial charge in [-0.3, -0.25) is 0 Å². The smallest absolute Gasteiger partial charge is 0.123 e. The Kier molecular flexibility index (Phi) is 6.00. The minimum absolute atomic E-state index is 0.0794. The number of hydrogen-bond donors (Lipinski definition) is 1. The van der Waals surface area contributed by atoms with Crippen LogP contribution in [0.3, 0.4) is 0 Å². The van der Waals surface area contributed by atoms with Crippen molar-refractivity contribution in [2.24, 2.45) is 5.73 Å². The van der Waals surface area contributed by atoms with Gasteiger partial charge in [-0.1, -0.05) is 32.9 Å². The third-order valence-corrected chi connectivity index (χ3v) is 4.70. The maximum atomic E-state index is 13.3. The molecular weight excluding hydrogens is 233 g/mol. The molecule has 3 atom stereocenters. The van der Waals surface area contributed by atoms with Crippen LogP contribution in [0.15, 0.2) is 24.3 Å². The molecule has 3 unspecified atom stereocenters. The van der Waals surface area contributed by atoms with Crippen molar-refractivity contribution in [2.75, 3.05) is 0 Å². The standard InChI is InChI=1S/C14H22FNS/c1-4-10(3)17-14(13(16)5-2)11-7-6-8-12(15)9-11/h6-10,13-14H,4-5,16H2,1-3H3. The van der Waals surface area contributed by atoms with Crippen LogP contribution in [-0.2, 0) is 0 Å². The topological polar surface area (TPSA) is 26.0 Å². The molecule has 0 spiro atoms. The molecule has 0 bridgehead atoms. The average molecular weight is 255 g/mol. The van der Waals surface area contributed by atoms with Gasteiger partial charge in [-0.2, -0.15) is 0 Å². The molecule has 1 rings (SSSR count). The second-order valence-electron chi connectivity index (χ2n) is 4.40. The van der Waals surface area contributed by atoms with Crippen LogP contribution in [0.5, 0.6) is 0 Å². The molecule has 0 aromatic heterocycles. The quantitative estimate of drug-likeness (QED) is 0.827. The maximum Gasteiger partial charge on any atom is 0.123 e. The molecule has 1 aromatic carbocycles. The summed E-state index contributed by atoms with van der Waals surface area (Å²) in [7, 11) is 0. The van der Waals surface area contributed by atoms with Gasteiger partial charge in [0.25, 0.3) is 0 Å². The molecule has 0 radical (unpaired) electrons. The Bertz CT molecular complexity index is 343. The summed E-state index contributed by atoms with van der Waals surface area (Å²) in [6, 6.07) is 6.90. The zero-order chi connectivity index (χ0) is 12.8. The lowest BCUT2D eigenvalue weighted by molar-refractivity contribution is 0.608. The molecule has 2 N–H and O–H groups in total. The van der Waals surface area contributed by atoms with Gasteiger partial charge < -0.3 is 5.73 Å². The fourth-order valence-electron chi connectivity index (χ4n) is 1.67. The van der Waals surface area contributed by atoms with Crippen LogP contribution in [0.4, 0.5) is 4.39 Å². The van der Waals surface area contributed by atoms with Crippen molar-refractivity contribution in [3.8, 4) is 0 Å². The fraction of sp³-hybridized carbons (Fsp3) is 0.571. The van der Waals surface area contributed by atoms with E-state index in [1.165, 1.54) is 6.07 Å². The molecule has 17 heavy (non-hydrogen) atoms. The van der Waals surface area contributed by atoms with Crippen molar-refractivity contribution >= 4 is 11.8 Å². The van der Waals surface area contributed by atoms with Crippen molar-refractivity contribution in [3.63, 3.8) is 0 Å². The van der Waals surface area contributed by atoms with Crippen molar-refractivity contribution in [3.05, 3.63) is 35.6 Å². The number of thioether (sulfide) groups is 1. The molecule has 0 amide bonds. The second-order valence-corrected chi connectivity index (χ2v) is 5.99. The summed E-state index contributed by atoms with van der Waals surface area (Å²) >= 11 is 1.85. The summed E-state index contributed by atoms with van der Waals surface area (Å²) in [5.41, 5.74) is 7.16. The summed E-state index contributed by atoms with van der Waals surface area (Å²) in [5.74, 6) is -0.180. The lowest BCUT2D eigenvalue weighted by atomic mass is 10.0. The molecule has 0 saturated heterocycles. The van der Waals surface area contributed by atoms with E-state index in [0.29, 0.717) is 5.25 Å². The zero-order valence-electron chi connectivity index (χ0n) is 10.8. The molecular formula is C14H22FNS. The molecule has 3 heteroatoms. The summed E-state index contributed by atoms with van der Waals surface area (Å²) in [5, 5.41) is 0.728. The fourth-order valence-corrected chi connectivity index (χ4v) is 3.06. The van der Waals surface area contributed by atoms with Crippen molar-refractivity contribution in [2.45, 2.75) is 50.2 Å². The third-order valence-electron chi connectivity index (χ3n) is 2.99. The Morgan fingerprint density at radius 3 is 2.53 bits per heavy atom. The number of halogens is 1. The lowest BCUT2D eigenvalue weighted by Gasteiger charge is -2.25. The van der Waals surface area contributed by atoms with E-state index in [2.05, 4.69) is 20.8 Å². The first-order valence-electron chi connectivity index (χ1n) is 6.25. The first kappa shape index (κ1) is 14.5. The van der Waals surface area contributed by atoms with Crippen LogP contribution in [0.2, 0.25) is 0 Å². The van der Waals surface area contributed by atoms with Crippen LogP contribution in [0, 0.1) is 5.82 Å². The van der Waals surface area contributed by atoms with Gasteiger partial charge in [0, 0.05) is 16.5 Å². The highest BCUT2D eigenvalue weighted by molar-refractivity contribution is 8.00. The van der Waals surface area contributed by atoms with Gasteiger partial charge in [0.1, 0.15) is 5.82 Å². The number of benzene rings is 1. The molecule has 96 valence electrons. The number of nitrogens with two attached hydrogens (primary N) is 1. The SMILES string of the molecule is CCC(C)SC(c1cccc(F)c1)C(N)CC. The van der Waals surface area contributed by atoms with Gasteiger partial charge in [0.2, 0.25) is 0 Å². The summed E-state index contributed by atoms with van der Waals surface area (Å²) in [4.78, 5) is 0. The predicted octanol–water partition coefficient (Wildman–Crippen LogP) is 4.14. The van der Waals surface area contributed by atoms with E-state index in [0.717, 1.165) is 18.4 Å². The maximum absolute atomic E-state index is 13.3. The van der Waals surface area contributed by atoms with E-state index in [1.807, 2.05) is 17.8 Å². The second kappa shape index (κ2) is 7.02. The van der Waals surface area contributed by atoms with Crippen LogP contribution >= 0.6 is 11.8 Å². The molecule has 0 saturated carbocycles. The third kappa shape index (κ3) is 4.32. The monoisotopic (exact) mass is 255 g/mol. The highest BCUT2D eigenvalue weighted by Gasteiger charge is 2.21. The lowest BCUT2D eigenvalue weighted by Crippen LogP contribution is -2.26. The minimum Gasteiger partial charge on any atom is -0.326 e. The predicted molar refractivity (Wildman–Crippen MR) is 74.8 cm³/mol. The van der Waals surface area contributed by atoms with Gasteiger partial charge in [-0.15, -0.1) is 11.8 Å². The van der Waals surface area contributed by atoms with Gasteiger partial charge >= 0.3 is 0 Å². The Morgan fingerprint density at radius 1 is 1.29 bits per heavy atom. The minimum atomic E-state index is -0.180. The zero-order valence-corrected chi connectivity index (χ0v) is 11.6. The van der Waals surface area contributed by atoms with Gasteiger partial charge in [0.05, 0.1) is 0 Å². The van der Waals surface area contributed by atoms with Crippen LogP contribution < -0.4 is 5.73 Å². The first-order valence-corrected chi connectivity index (χ1v) is 7.19. The highest BCUT2D eigenvalue weighted by Crippen LogP contribution is 2.36. The molecule has 1 aromatic rings. The summed E-state index contributed by atoms with van der Waals surface area (Å²) < 4.78 is 13.3. The first-order chi connectivity index (χ1) is 8.08. The molecule has 1 nitrogen and oxygen atoms in total. The van der Waals surface area contributed by atoms with Crippen molar-refractivity contribution < 1.29 is 4.39 Å². The number of hydrogen-bond acceptors (Lipinski definition) is 2. The molecule has 0 heterocycles. The largest absolute Gasteiger partial charge is 0.326 e. The molecule has 0 aliphatic rings. The highest BCUT2D eigenvalue weighted by atomic mass is 32.2. The van der Waals surface area contributed by atoms with Gasteiger partial charge in [-0.05, 0) is 30.5 Å². The number of rotatable bonds is 6. The molecule has 0 aliphatic heterocycles. The van der Waals surface area contributed by atoms with Crippen LogP contribution in [-0.4, -0.2) is 11.3 Å². The Balaban J connectivity index is 2.89. The van der Waals surface area contributed by atoms with Crippen molar-refractivity contribution in [1.82, 2.24) is 0 Å². The van der Waals surface area contributed by atoms with Gasteiger partial charge in [-0.25, -0.2) is 4.39 Å². The Morgan fingerprint density at radius 2 is 2.00 bits per heavy atom. The van der Waals surface area contributed by atoms with E-state index in [1.54, 1.807) is 12.1 Å². The van der Waals surface area contributed by atoms with E-state index >= 15 is 0 Å². The summed E-state index contributed by atoms with van der Waals surface area (Å²) in [6.45, 7) is 6.44. The van der Waals surface area contributed by atoms with Crippen LogP contribution in [0.25, 0.3) is 0 Å². The average Bonchev–Trinajstić information content (AvgIpc) is 2.34. The van der Waals surface area contributed by atoms with E-state index < -0.39 is 0 Å². The van der Waals surface area contributed by atoms with Gasteiger partial charge in [0.15, 0.2) is 0 Å². The van der Waals surface area contributed by atoms with E-state index in [4.69, 9.17) is 5.73 Å². The molecule has 0 aliphatic carbocycles. The summed E-state index contributed by atoms with van der Waals surface area (Å²) in [6.07, 6.45) is 2.01.